The summed E-state index contributed by atoms with van der Waals surface area (Å²) in [6.07, 6.45) is 3.88. The number of anilines is 1. The average molecular weight is 308 g/mol. The molecule has 0 atom stereocenters. The first-order chi connectivity index (χ1) is 10.2. The van der Waals surface area contributed by atoms with Gasteiger partial charge in [-0.3, -0.25) is 0 Å². The van der Waals surface area contributed by atoms with Crippen molar-refractivity contribution in [1.82, 2.24) is 9.97 Å². The van der Waals surface area contributed by atoms with Gasteiger partial charge in [-0.15, -0.1) is 0 Å². The highest BCUT2D eigenvalue weighted by Crippen LogP contribution is 2.17. The van der Waals surface area contributed by atoms with Crippen molar-refractivity contribution >= 4 is 17.3 Å². The number of imidazole rings is 1. The number of hydrogen-bond acceptors (Lipinski definition) is 3. The fraction of sp³-hybridized carbons (Fsp3) is 0.438. The van der Waals surface area contributed by atoms with Crippen molar-refractivity contribution in [3.8, 4) is 0 Å². The predicted molar refractivity (Wildman–Crippen MR) is 86.8 cm³/mol. The maximum atomic E-state index is 8.89. The highest BCUT2D eigenvalue weighted by atomic mass is 35.5. The lowest BCUT2D eigenvalue weighted by atomic mass is 10.1. The van der Waals surface area contributed by atoms with E-state index in [1.807, 2.05) is 24.3 Å². The summed E-state index contributed by atoms with van der Waals surface area (Å²) in [4.78, 5) is 7.62. The number of nitrogens with one attached hydrogen (secondary N) is 2. The van der Waals surface area contributed by atoms with E-state index in [-0.39, 0.29) is 6.61 Å². The fourth-order valence-electron chi connectivity index (χ4n) is 2.13. The summed E-state index contributed by atoms with van der Waals surface area (Å²) in [5.74, 6) is 0.956. The molecule has 21 heavy (non-hydrogen) atoms. The average Bonchev–Trinajstić information content (AvgIpc) is 2.85. The van der Waals surface area contributed by atoms with E-state index in [4.69, 9.17) is 16.7 Å². The van der Waals surface area contributed by atoms with Crippen molar-refractivity contribution < 1.29 is 5.11 Å². The molecule has 4 nitrogen and oxygen atoms in total. The molecule has 0 aliphatic carbocycles. The van der Waals surface area contributed by atoms with Crippen LogP contribution in [0.5, 0.6) is 0 Å². The number of nitrogens with zero attached hydrogens (tertiary/aromatic N) is 1. The molecule has 2 aromatic rings. The number of halogens is 1. The lowest BCUT2D eigenvalue weighted by molar-refractivity contribution is 0.299. The molecule has 1 aromatic heterocycles. The van der Waals surface area contributed by atoms with Gasteiger partial charge in [0.2, 0.25) is 0 Å². The van der Waals surface area contributed by atoms with Gasteiger partial charge >= 0.3 is 0 Å². The third-order valence-corrected chi connectivity index (χ3v) is 3.68. The standard InChI is InChI=1S/C16H22ClN3O/c1-2-3-4-15-19-14(16(17)20-15)11-18-13-7-5-12(6-8-13)9-10-21/h5-8,18,21H,2-4,9-11H2,1H3,(H,19,20). The number of aryl methyl sites for hydroxylation is 1. The Labute approximate surface area is 130 Å². The quantitative estimate of drug-likeness (QED) is 0.699. The summed E-state index contributed by atoms with van der Waals surface area (Å²) in [5, 5.41) is 12.8. The predicted octanol–water partition coefficient (Wildman–Crippen LogP) is 3.55. The molecule has 1 aromatic carbocycles. The molecule has 1 heterocycles. The number of hydrogen-bond donors (Lipinski definition) is 3. The van der Waals surface area contributed by atoms with Gasteiger partial charge in [0.1, 0.15) is 5.82 Å². The number of aromatic amines is 1. The Morgan fingerprint density at radius 3 is 2.67 bits per heavy atom. The van der Waals surface area contributed by atoms with Gasteiger partial charge in [0.25, 0.3) is 0 Å². The van der Waals surface area contributed by atoms with Crippen molar-refractivity contribution in [3.63, 3.8) is 0 Å². The molecule has 2 rings (SSSR count). The van der Waals surface area contributed by atoms with Crippen molar-refractivity contribution in [2.75, 3.05) is 11.9 Å². The maximum Gasteiger partial charge on any atom is 0.152 e. The third-order valence-electron chi connectivity index (χ3n) is 3.37. The highest BCUT2D eigenvalue weighted by Gasteiger charge is 2.07. The summed E-state index contributed by atoms with van der Waals surface area (Å²) in [6.45, 7) is 2.96. The van der Waals surface area contributed by atoms with E-state index < -0.39 is 0 Å². The zero-order valence-electron chi connectivity index (χ0n) is 12.3. The van der Waals surface area contributed by atoms with Gasteiger partial charge in [-0.2, -0.15) is 0 Å². The molecule has 0 spiro atoms. The fourth-order valence-corrected chi connectivity index (χ4v) is 2.34. The minimum atomic E-state index is 0.178. The van der Waals surface area contributed by atoms with Crippen LogP contribution in [0.3, 0.4) is 0 Å². The first-order valence-electron chi connectivity index (χ1n) is 7.40. The number of aliphatic hydroxyl groups is 1. The van der Waals surface area contributed by atoms with Gasteiger partial charge in [-0.05, 0) is 30.5 Å². The van der Waals surface area contributed by atoms with E-state index in [2.05, 4.69) is 22.2 Å². The second kappa shape index (κ2) is 8.05. The zero-order valence-corrected chi connectivity index (χ0v) is 13.1. The van der Waals surface area contributed by atoms with Crippen LogP contribution in [-0.2, 0) is 19.4 Å². The monoisotopic (exact) mass is 307 g/mol. The minimum absolute atomic E-state index is 0.178. The lowest BCUT2D eigenvalue weighted by Gasteiger charge is -2.06. The van der Waals surface area contributed by atoms with E-state index in [0.717, 1.165) is 42.0 Å². The minimum Gasteiger partial charge on any atom is -0.396 e. The Bertz CT molecular complexity index is 551. The van der Waals surface area contributed by atoms with Crippen LogP contribution < -0.4 is 5.32 Å². The third kappa shape index (κ3) is 4.76. The van der Waals surface area contributed by atoms with Crippen molar-refractivity contribution in [2.45, 2.75) is 39.2 Å². The van der Waals surface area contributed by atoms with Crippen LogP contribution in [0.1, 0.15) is 36.8 Å². The van der Waals surface area contributed by atoms with E-state index in [0.29, 0.717) is 18.1 Å². The van der Waals surface area contributed by atoms with Crippen LogP contribution in [-0.4, -0.2) is 21.7 Å². The second-order valence-corrected chi connectivity index (χ2v) is 5.44. The van der Waals surface area contributed by atoms with Gasteiger partial charge in [0.05, 0.1) is 12.2 Å². The molecular weight excluding hydrogens is 286 g/mol. The van der Waals surface area contributed by atoms with Crippen LogP contribution in [0.2, 0.25) is 5.15 Å². The first kappa shape index (κ1) is 15.9. The Kier molecular flexibility index (Phi) is 6.08. The summed E-state index contributed by atoms with van der Waals surface area (Å²) >= 11 is 6.15. The molecular formula is C16H22ClN3O. The molecule has 0 fully saturated rings. The van der Waals surface area contributed by atoms with Gasteiger partial charge in [-0.1, -0.05) is 37.1 Å². The highest BCUT2D eigenvalue weighted by molar-refractivity contribution is 6.30. The molecule has 0 bridgehead atoms. The van der Waals surface area contributed by atoms with Crippen LogP contribution in [0.25, 0.3) is 0 Å². The smallest absolute Gasteiger partial charge is 0.152 e. The van der Waals surface area contributed by atoms with Crippen LogP contribution in [0.15, 0.2) is 24.3 Å². The number of unbranched alkanes of at least 4 members (excludes halogenated alkanes) is 1. The molecule has 0 aliphatic rings. The largest absolute Gasteiger partial charge is 0.396 e. The Balaban J connectivity index is 1.91. The molecule has 5 heteroatoms. The maximum absolute atomic E-state index is 8.89. The number of aliphatic hydroxyl groups excluding tert-OH is 1. The topological polar surface area (TPSA) is 60.9 Å². The molecule has 0 radical (unpaired) electrons. The van der Waals surface area contributed by atoms with Gasteiger partial charge in [0, 0.05) is 18.7 Å². The van der Waals surface area contributed by atoms with Crippen LogP contribution in [0.4, 0.5) is 5.69 Å². The summed E-state index contributed by atoms with van der Waals surface area (Å²) < 4.78 is 0. The number of H-pyrrole nitrogens is 1. The molecule has 3 N–H and O–H groups in total. The van der Waals surface area contributed by atoms with E-state index in [1.165, 1.54) is 0 Å². The molecule has 0 aliphatic heterocycles. The first-order valence-corrected chi connectivity index (χ1v) is 7.77. The number of benzene rings is 1. The lowest BCUT2D eigenvalue weighted by Crippen LogP contribution is -2.01. The van der Waals surface area contributed by atoms with E-state index >= 15 is 0 Å². The second-order valence-electron chi connectivity index (χ2n) is 5.08. The Morgan fingerprint density at radius 2 is 2.00 bits per heavy atom. The Hall–Kier alpha value is -1.52. The van der Waals surface area contributed by atoms with Gasteiger partial charge in [0.15, 0.2) is 5.15 Å². The number of rotatable bonds is 8. The van der Waals surface area contributed by atoms with E-state index in [9.17, 15) is 0 Å². The van der Waals surface area contributed by atoms with Crippen molar-refractivity contribution in [3.05, 3.63) is 46.5 Å². The van der Waals surface area contributed by atoms with Crippen molar-refractivity contribution in [1.29, 1.82) is 0 Å². The van der Waals surface area contributed by atoms with Crippen molar-refractivity contribution in [2.24, 2.45) is 0 Å². The molecule has 114 valence electrons. The SMILES string of the molecule is CCCCc1nc(Cl)c(CNc2ccc(CCO)cc2)[nH]1. The Morgan fingerprint density at radius 1 is 1.24 bits per heavy atom. The molecule has 0 unspecified atom stereocenters. The number of aromatic nitrogens is 2. The van der Waals surface area contributed by atoms with E-state index in [1.54, 1.807) is 0 Å². The van der Waals surface area contributed by atoms with Gasteiger partial charge in [-0.25, -0.2) is 4.98 Å². The summed E-state index contributed by atoms with van der Waals surface area (Å²) in [6, 6.07) is 8.04. The normalized spacial score (nSPS) is 10.8. The summed E-state index contributed by atoms with van der Waals surface area (Å²) in [5.41, 5.74) is 3.07. The molecule has 0 saturated heterocycles. The molecule has 0 amide bonds. The van der Waals surface area contributed by atoms with Crippen LogP contribution >= 0.6 is 11.6 Å². The van der Waals surface area contributed by atoms with Crippen LogP contribution in [0, 0.1) is 0 Å². The molecule has 0 saturated carbocycles. The summed E-state index contributed by atoms with van der Waals surface area (Å²) in [7, 11) is 0. The van der Waals surface area contributed by atoms with Gasteiger partial charge < -0.3 is 15.4 Å². The zero-order chi connectivity index (χ0) is 15.1.